The van der Waals surface area contributed by atoms with Crippen LogP contribution in [0.15, 0.2) is 42.6 Å². The minimum Gasteiger partial charge on any atom is -0.497 e. The summed E-state index contributed by atoms with van der Waals surface area (Å²) < 4.78 is 5.14. The highest BCUT2D eigenvalue weighted by Crippen LogP contribution is 2.20. The predicted molar refractivity (Wildman–Crippen MR) is 84.6 cm³/mol. The van der Waals surface area contributed by atoms with Crippen LogP contribution in [0.1, 0.15) is 30.7 Å². The molecule has 0 aliphatic carbocycles. The third-order valence-electron chi connectivity index (χ3n) is 3.60. The third-order valence-corrected chi connectivity index (χ3v) is 3.60. The molecule has 0 saturated heterocycles. The van der Waals surface area contributed by atoms with Gasteiger partial charge in [0.15, 0.2) is 0 Å². The second-order valence-electron chi connectivity index (χ2n) is 5.71. The van der Waals surface area contributed by atoms with Gasteiger partial charge < -0.3 is 9.84 Å². The maximum Gasteiger partial charge on any atom is 0.118 e. The molecule has 0 saturated carbocycles. The van der Waals surface area contributed by atoms with Gasteiger partial charge in [0.05, 0.1) is 12.7 Å². The molecule has 3 heteroatoms. The molecule has 0 aliphatic heterocycles. The van der Waals surface area contributed by atoms with Gasteiger partial charge in [0.25, 0.3) is 0 Å². The highest BCUT2D eigenvalue weighted by Gasteiger charge is 2.22. The van der Waals surface area contributed by atoms with Crippen LogP contribution in [0, 0.1) is 0 Å². The Morgan fingerprint density at radius 1 is 1.05 bits per heavy atom. The lowest BCUT2D eigenvalue weighted by molar-refractivity contribution is 0.0598. The minimum atomic E-state index is -0.810. The Morgan fingerprint density at radius 2 is 1.71 bits per heavy atom. The van der Waals surface area contributed by atoms with Gasteiger partial charge in [0.2, 0.25) is 0 Å². The SMILES string of the molecule is CCc1ccc(CC(C)(O)Cc2ccc(OC)cc2)nc1. The van der Waals surface area contributed by atoms with E-state index in [1.54, 1.807) is 7.11 Å². The minimum absolute atomic E-state index is 0.545. The molecule has 1 N–H and O–H groups in total. The Kier molecular flexibility index (Phi) is 4.97. The number of benzene rings is 1. The summed E-state index contributed by atoms with van der Waals surface area (Å²) in [5.74, 6) is 0.829. The first-order valence-corrected chi connectivity index (χ1v) is 7.31. The molecule has 2 aromatic rings. The monoisotopic (exact) mass is 285 g/mol. The second kappa shape index (κ2) is 6.72. The number of methoxy groups -OCH3 is 1. The molecule has 1 aromatic heterocycles. The third kappa shape index (κ3) is 4.57. The molecular formula is C18H23NO2. The molecule has 1 unspecified atom stereocenters. The van der Waals surface area contributed by atoms with Crippen molar-refractivity contribution in [2.75, 3.05) is 7.11 Å². The molecule has 3 nitrogen and oxygen atoms in total. The second-order valence-corrected chi connectivity index (χ2v) is 5.71. The van der Waals surface area contributed by atoms with Gasteiger partial charge in [-0.05, 0) is 42.7 Å². The fourth-order valence-electron chi connectivity index (χ4n) is 2.40. The van der Waals surface area contributed by atoms with E-state index in [1.807, 2.05) is 43.5 Å². The summed E-state index contributed by atoms with van der Waals surface area (Å²) in [4.78, 5) is 4.42. The van der Waals surface area contributed by atoms with Gasteiger partial charge in [-0.3, -0.25) is 4.98 Å². The molecule has 0 radical (unpaired) electrons. The molecule has 2 rings (SSSR count). The van der Waals surface area contributed by atoms with Gasteiger partial charge in [0.1, 0.15) is 5.75 Å². The summed E-state index contributed by atoms with van der Waals surface area (Å²) in [5, 5.41) is 10.6. The molecule has 0 aliphatic rings. The van der Waals surface area contributed by atoms with Gasteiger partial charge in [0, 0.05) is 24.7 Å². The number of aromatic nitrogens is 1. The quantitative estimate of drug-likeness (QED) is 0.886. The Bertz CT molecular complexity index is 507. The van der Waals surface area contributed by atoms with Crippen molar-refractivity contribution >= 4 is 0 Å². The van der Waals surface area contributed by atoms with Crippen LogP contribution in [-0.4, -0.2) is 22.8 Å². The van der Waals surface area contributed by atoms with Gasteiger partial charge in [-0.15, -0.1) is 0 Å². The van der Waals surface area contributed by atoms with Crippen LogP contribution in [-0.2, 0) is 19.3 Å². The van der Waals surface area contributed by atoms with Crippen molar-refractivity contribution in [1.29, 1.82) is 0 Å². The standard InChI is InChI=1S/C18H23NO2/c1-4-14-5-8-16(19-13-14)12-18(2,20)11-15-6-9-17(21-3)10-7-15/h5-10,13,20H,4,11-12H2,1-3H3. The van der Waals surface area contributed by atoms with Crippen molar-refractivity contribution in [1.82, 2.24) is 4.98 Å². The lowest BCUT2D eigenvalue weighted by atomic mass is 9.91. The van der Waals surface area contributed by atoms with Crippen LogP contribution in [0.2, 0.25) is 0 Å². The smallest absolute Gasteiger partial charge is 0.118 e. The normalized spacial score (nSPS) is 13.7. The van der Waals surface area contributed by atoms with Crippen molar-refractivity contribution in [3.63, 3.8) is 0 Å². The molecule has 0 bridgehead atoms. The highest BCUT2D eigenvalue weighted by atomic mass is 16.5. The van der Waals surface area contributed by atoms with Gasteiger partial charge in [-0.2, -0.15) is 0 Å². The summed E-state index contributed by atoms with van der Waals surface area (Å²) in [6, 6.07) is 11.9. The summed E-state index contributed by atoms with van der Waals surface area (Å²) >= 11 is 0. The zero-order valence-electron chi connectivity index (χ0n) is 13.0. The van der Waals surface area contributed by atoms with Crippen molar-refractivity contribution in [2.45, 2.75) is 38.7 Å². The van der Waals surface area contributed by atoms with Crippen LogP contribution in [0.25, 0.3) is 0 Å². The Morgan fingerprint density at radius 3 is 2.24 bits per heavy atom. The Labute approximate surface area is 126 Å². The van der Waals surface area contributed by atoms with Crippen LogP contribution in [0.4, 0.5) is 0 Å². The molecule has 1 aromatic carbocycles. The largest absolute Gasteiger partial charge is 0.497 e. The number of hydrogen-bond acceptors (Lipinski definition) is 3. The van der Waals surface area contributed by atoms with Crippen LogP contribution in [0.5, 0.6) is 5.75 Å². The van der Waals surface area contributed by atoms with E-state index in [0.717, 1.165) is 23.4 Å². The molecule has 1 atom stereocenters. The van der Waals surface area contributed by atoms with Gasteiger partial charge in [-0.25, -0.2) is 0 Å². The van der Waals surface area contributed by atoms with E-state index in [2.05, 4.69) is 18.0 Å². The molecule has 0 spiro atoms. The molecule has 21 heavy (non-hydrogen) atoms. The number of ether oxygens (including phenoxy) is 1. The summed E-state index contributed by atoms with van der Waals surface area (Å²) in [7, 11) is 1.65. The number of rotatable bonds is 6. The average Bonchev–Trinajstić information content (AvgIpc) is 2.48. The van der Waals surface area contributed by atoms with E-state index < -0.39 is 5.60 Å². The summed E-state index contributed by atoms with van der Waals surface area (Å²) in [6.07, 6.45) is 4.01. The van der Waals surface area contributed by atoms with E-state index in [9.17, 15) is 5.11 Å². The Balaban J connectivity index is 2.02. The molecule has 0 amide bonds. The van der Waals surface area contributed by atoms with Crippen LogP contribution in [0.3, 0.4) is 0 Å². The molecule has 1 heterocycles. The van der Waals surface area contributed by atoms with E-state index in [-0.39, 0.29) is 0 Å². The lowest BCUT2D eigenvalue weighted by Gasteiger charge is -2.23. The molecule has 112 valence electrons. The Hall–Kier alpha value is -1.87. The van der Waals surface area contributed by atoms with Crippen molar-refractivity contribution < 1.29 is 9.84 Å². The van der Waals surface area contributed by atoms with Crippen molar-refractivity contribution in [2.24, 2.45) is 0 Å². The number of aliphatic hydroxyl groups is 1. The maximum absolute atomic E-state index is 10.6. The zero-order chi connectivity index (χ0) is 15.3. The number of hydrogen-bond donors (Lipinski definition) is 1. The first-order chi connectivity index (χ1) is 10.0. The summed E-state index contributed by atoms with van der Waals surface area (Å²) in [5.41, 5.74) is 2.42. The average molecular weight is 285 g/mol. The molecular weight excluding hydrogens is 262 g/mol. The highest BCUT2D eigenvalue weighted by molar-refractivity contribution is 5.28. The van der Waals surface area contributed by atoms with Crippen molar-refractivity contribution in [3.05, 3.63) is 59.4 Å². The fraction of sp³-hybridized carbons (Fsp3) is 0.389. The number of aryl methyl sites for hydroxylation is 1. The zero-order valence-corrected chi connectivity index (χ0v) is 13.0. The molecule has 0 fully saturated rings. The van der Waals surface area contributed by atoms with E-state index in [4.69, 9.17) is 4.74 Å². The van der Waals surface area contributed by atoms with E-state index in [1.165, 1.54) is 5.56 Å². The first-order valence-electron chi connectivity index (χ1n) is 7.31. The van der Waals surface area contributed by atoms with Crippen LogP contribution < -0.4 is 4.74 Å². The van der Waals surface area contributed by atoms with Gasteiger partial charge >= 0.3 is 0 Å². The fourth-order valence-corrected chi connectivity index (χ4v) is 2.40. The lowest BCUT2D eigenvalue weighted by Crippen LogP contribution is -2.30. The number of nitrogens with zero attached hydrogens (tertiary/aromatic N) is 1. The number of pyridine rings is 1. The van der Waals surface area contributed by atoms with Gasteiger partial charge in [-0.1, -0.05) is 25.1 Å². The van der Waals surface area contributed by atoms with E-state index in [0.29, 0.717) is 12.8 Å². The topological polar surface area (TPSA) is 42.4 Å². The maximum atomic E-state index is 10.6. The van der Waals surface area contributed by atoms with E-state index >= 15 is 0 Å². The summed E-state index contributed by atoms with van der Waals surface area (Å²) in [6.45, 7) is 3.96. The predicted octanol–water partition coefficient (Wildman–Crippen LogP) is 3.19. The van der Waals surface area contributed by atoms with Crippen molar-refractivity contribution in [3.8, 4) is 5.75 Å². The first kappa shape index (κ1) is 15.5. The van der Waals surface area contributed by atoms with Crippen LogP contribution >= 0.6 is 0 Å².